The van der Waals surface area contributed by atoms with Gasteiger partial charge in [-0.25, -0.2) is 14.6 Å². The molecule has 3 rings (SSSR count). The summed E-state index contributed by atoms with van der Waals surface area (Å²) in [4.78, 5) is 7.89. The zero-order chi connectivity index (χ0) is 11.1. The van der Waals surface area contributed by atoms with Gasteiger partial charge in [0.15, 0.2) is 5.82 Å². The van der Waals surface area contributed by atoms with Crippen LogP contribution in [0.25, 0.3) is 5.82 Å². The maximum atomic E-state index is 6.02. The third-order valence-electron chi connectivity index (χ3n) is 2.62. The maximum absolute atomic E-state index is 6.02. The molecule has 1 aliphatic rings. The molecule has 1 saturated carbocycles. The van der Waals surface area contributed by atoms with Crippen LogP contribution in [0.5, 0.6) is 0 Å². The van der Waals surface area contributed by atoms with Crippen LogP contribution in [0.1, 0.15) is 24.5 Å². The van der Waals surface area contributed by atoms with Gasteiger partial charge in [-0.1, -0.05) is 11.6 Å². The van der Waals surface area contributed by atoms with E-state index in [2.05, 4.69) is 15.1 Å². The third-order valence-corrected chi connectivity index (χ3v) is 2.98. The van der Waals surface area contributed by atoms with Gasteiger partial charge in [-0.15, -0.1) is 0 Å². The monoisotopic (exact) mass is 235 g/mol. The second-order valence-corrected chi connectivity index (χ2v) is 4.23. The largest absolute Gasteiger partial charge is 0.382 e. The highest BCUT2D eigenvalue weighted by molar-refractivity contribution is 6.34. The molecule has 0 spiro atoms. The van der Waals surface area contributed by atoms with Crippen molar-refractivity contribution < 1.29 is 0 Å². The molecule has 0 aliphatic heterocycles. The Morgan fingerprint density at radius 2 is 2.19 bits per heavy atom. The minimum Gasteiger partial charge on any atom is -0.382 e. The van der Waals surface area contributed by atoms with Gasteiger partial charge >= 0.3 is 0 Å². The Morgan fingerprint density at radius 3 is 2.94 bits per heavy atom. The van der Waals surface area contributed by atoms with E-state index < -0.39 is 0 Å². The van der Waals surface area contributed by atoms with E-state index in [-0.39, 0.29) is 5.82 Å². The fourth-order valence-corrected chi connectivity index (χ4v) is 1.77. The van der Waals surface area contributed by atoms with Gasteiger partial charge in [0.05, 0.1) is 5.69 Å². The van der Waals surface area contributed by atoms with Gasteiger partial charge in [0, 0.05) is 12.1 Å². The van der Waals surface area contributed by atoms with E-state index in [0.29, 0.717) is 16.8 Å². The molecule has 0 atom stereocenters. The van der Waals surface area contributed by atoms with Gasteiger partial charge in [-0.05, 0) is 18.9 Å². The van der Waals surface area contributed by atoms with Gasteiger partial charge in [0.1, 0.15) is 17.2 Å². The number of rotatable bonds is 2. The highest BCUT2D eigenvalue weighted by atomic mass is 35.5. The summed E-state index contributed by atoms with van der Waals surface area (Å²) in [6.45, 7) is 0. The Morgan fingerprint density at radius 1 is 1.38 bits per heavy atom. The van der Waals surface area contributed by atoms with Crippen LogP contribution in [0.4, 0.5) is 5.82 Å². The predicted octanol–water partition coefficient (Wildman–Crippen LogP) is 1.78. The van der Waals surface area contributed by atoms with Crippen LogP contribution >= 0.6 is 11.6 Å². The van der Waals surface area contributed by atoms with Crippen LogP contribution in [0, 0.1) is 0 Å². The smallest absolute Gasteiger partial charge is 0.177 e. The molecule has 2 aromatic heterocycles. The summed E-state index contributed by atoms with van der Waals surface area (Å²) < 4.78 is 1.65. The molecule has 2 N–H and O–H groups in total. The summed E-state index contributed by atoms with van der Waals surface area (Å²) in [6.07, 6.45) is 5.67. The van der Waals surface area contributed by atoms with Crippen molar-refractivity contribution in [1.29, 1.82) is 0 Å². The zero-order valence-corrected chi connectivity index (χ0v) is 9.22. The van der Waals surface area contributed by atoms with Crippen molar-refractivity contribution in [2.75, 3.05) is 5.73 Å². The quantitative estimate of drug-likeness (QED) is 0.861. The van der Waals surface area contributed by atoms with E-state index in [4.69, 9.17) is 17.3 Å². The minimum absolute atomic E-state index is 0.273. The highest BCUT2D eigenvalue weighted by Gasteiger charge is 2.26. The molecule has 5 nitrogen and oxygen atoms in total. The average molecular weight is 236 g/mol. The lowest BCUT2D eigenvalue weighted by Crippen LogP contribution is -2.03. The molecule has 16 heavy (non-hydrogen) atoms. The lowest BCUT2D eigenvalue weighted by Gasteiger charge is -2.03. The van der Waals surface area contributed by atoms with Crippen LogP contribution in [0.3, 0.4) is 0 Å². The van der Waals surface area contributed by atoms with Crippen molar-refractivity contribution in [2.24, 2.45) is 0 Å². The van der Waals surface area contributed by atoms with Crippen molar-refractivity contribution in [3.8, 4) is 5.82 Å². The second-order valence-electron chi connectivity index (χ2n) is 3.86. The molecule has 2 aromatic rings. The number of anilines is 1. The van der Waals surface area contributed by atoms with Crippen LogP contribution in [-0.4, -0.2) is 19.7 Å². The SMILES string of the molecule is Nc1ncnc(-n2ccc(C3CC3)n2)c1Cl. The lowest BCUT2D eigenvalue weighted by molar-refractivity contribution is 0.809. The molecule has 1 fully saturated rings. The van der Waals surface area contributed by atoms with Crippen molar-refractivity contribution in [2.45, 2.75) is 18.8 Å². The average Bonchev–Trinajstić information content (AvgIpc) is 3.02. The summed E-state index contributed by atoms with van der Waals surface area (Å²) in [5.74, 6) is 1.41. The fourth-order valence-electron chi connectivity index (χ4n) is 1.59. The lowest BCUT2D eigenvalue weighted by atomic mass is 10.3. The molecule has 6 heteroatoms. The van der Waals surface area contributed by atoms with Crippen molar-refractivity contribution in [3.63, 3.8) is 0 Å². The van der Waals surface area contributed by atoms with Crippen molar-refractivity contribution in [1.82, 2.24) is 19.7 Å². The Kier molecular flexibility index (Phi) is 2.07. The first-order chi connectivity index (χ1) is 7.75. The number of hydrogen-bond donors (Lipinski definition) is 1. The van der Waals surface area contributed by atoms with Crippen molar-refractivity contribution >= 4 is 17.4 Å². The van der Waals surface area contributed by atoms with E-state index in [1.54, 1.807) is 4.68 Å². The molecule has 2 heterocycles. The molecule has 0 bridgehead atoms. The molecule has 1 aliphatic carbocycles. The first kappa shape index (κ1) is 9.59. The Bertz CT molecular complexity index is 532. The number of nitrogens with two attached hydrogens (primary N) is 1. The molecule has 0 saturated heterocycles. The van der Waals surface area contributed by atoms with Gasteiger partial charge < -0.3 is 5.73 Å². The predicted molar refractivity (Wildman–Crippen MR) is 60.6 cm³/mol. The topological polar surface area (TPSA) is 69.6 Å². The third kappa shape index (κ3) is 1.53. The Labute approximate surface area is 97.3 Å². The fraction of sp³-hybridized carbons (Fsp3) is 0.300. The molecule has 82 valence electrons. The molecular formula is C10H10ClN5. The van der Waals surface area contributed by atoms with Crippen molar-refractivity contribution in [3.05, 3.63) is 29.3 Å². The Hall–Kier alpha value is -1.62. The van der Waals surface area contributed by atoms with E-state index in [1.807, 2.05) is 12.3 Å². The first-order valence-corrected chi connectivity index (χ1v) is 5.45. The van der Waals surface area contributed by atoms with Gasteiger partial charge in [-0.2, -0.15) is 5.10 Å². The van der Waals surface area contributed by atoms with Crippen LogP contribution in [0.2, 0.25) is 5.02 Å². The highest BCUT2D eigenvalue weighted by Crippen LogP contribution is 2.39. The van der Waals surface area contributed by atoms with E-state index in [9.17, 15) is 0 Å². The number of hydrogen-bond acceptors (Lipinski definition) is 4. The molecule has 0 aromatic carbocycles. The van der Waals surface area contributed by atoms with E-state index in [1.165, 1.54) is 19.2 Å². The van der Waals surface area contributed by atoms with Gasteiger partial charge in [-0.3, -0.25) is 0 Å². The molecule has 0 unspecified atom stereocenters. The summed E-state index contributed by atoms with van der Waals surface area (Å²) in [6, 6.07) is 1.99. The van der Waals surface area contributed by atoms with E-state index in [0.717, 1.165) is 5.69 Å². The zero-order valence-electron chi connectivity index (χ0n) is 8.47. The summed E-state index contributed by atoms with van der Waals surface area (Å²) >= 11 is 6.02. The summed E-state index contributed by atoms with van der Waals surface area (Å²) in [5.41, 5.74) is 6.70. The van der Waals surface area contributed by atoms with E-state index >= 15 is 0 Å². The van der Waals surface area contributed by atoms with Gasteiger partial charge in [0.2, 0.25) is 0 Å². The molecule has 0 amide bonds. The van der Waals surface area contributed by atoms with Gasteiger partial charge in [0.25, 0.3) is 0 Å². The second kappa shape index (κ2) is 3.45. The standard InChI is InChI=1S/C10H10ClN5/c11-8-9(12)13-5-14-10(8)16-4-3-7(15-16)6-1-2-6/h3-6H,1-2H2,(H2,12,13,14). The summed E-state index contributed by atoms with van der Waals surface area (Å²) in [7, 11) is 0. The minimum atomic E-state index is 0.273. The van der Waals surface area contributed by atoms with Crippen LogP contribution in [0.15, 0.2) is 18.6 Å². The van der Waals surface area contributed by atoms with Crippen LogP contribution in [-0.2, 0) is 0 Å². The number of nitrogens with zero attached hydrogens (tertiary/aromatic N) is 4. The normalized spacial score (nSPS) is 15.3. The maximum Gasteiger partial charge on any atom is 0.177 e. The summed E-state index contributed by atoms with van der Waals surface area (Å²) in [5, 5.41) is 4.77. The first-order valence-electron chi connectivity index (χ1n) is 5.07. The molecule has 0 radical (unpaired) electrons. The number of nitrogen functional groups attached to an aromatic ring is 1. The van der Waals surface area contributed by atoms with Crippen LogP contribution < -0.4 is 5.73 Å². The molecular weight excluding hydrogens is 226 g/mol. The number of aromatic nitrogens is 4. The Balaban J connectivity index is 2.03. The number of halogens is 1.